The van der Waals surface area contributed by atoms with Crippen molar-refractivity contribution in [1.29, 1.82) is 0 Å². The summed E-state index contributed by atoms with van der Waals surface area (Å²) in [5.41, 5.74) is 1.22. The summed E-state index contributed by atoms with van der Waals surface area (Å²) < 4.78 is 11.5. The van der Waals surface area contributed by atoms with E-state index in [1.807, 2.05) is 24.3 Å². The number of benzene rings is 1. The van der Waals surface area contributed by atoms with Crippen LogP contribution >= 0.6 is 0 Å². The molecule has 2 heterocycles. The highest BCUT2D eigenvalue weighted by molar-refractivity contribution is 5.95. The average Bonchev–Trinajstić information content (AvgIpc) is 2.87. The Balaban J connectivity index is 1.68. The van der Waals surface area contributed by atoms with E-state index in [9.17, 15) is 9.59 Å². The van der Waals surface area contributed by atoms with E-state index in [0.717, 1.165) is 24.5 Å². The number of aryl methyl sites for hydroxylation is 1. The Kier molecular flexibility index (Phi) is 4.33. The molecule has 0 aliphatic carbocycles. The molecule has 1 aliphatic rings. The largest absolute Gasteiger partial charge is 0.497 e. The van der Waals surface area contributed by atoms with Gasteiger partial charge in [0.1, 0.15) is 11.3 Å². The molecule has 2 aromatic rings. The number of methoxy groups -OCH3 is 1. The Labute approximate surface area is 140 Å². The van der Waals surface area contributed by atoms with Crippen LogP contribution in [0.4, 0.5) is 5.69 Å². The highest BCUT2D eigenvalue weighted by Crippen LogP contribution is 2.21. The van der Waals surface area contributed by atoms with Gasteiger partial charge in [0.15, 0.2) is 0 Å². The average molecular weight is 331 g/mol. The Morgan fingerprint density at radius 2 is 1.75 bits per heavy atom. The Morgan fingerprint density at radius 1 is 1.12 bits per heavy atom. The summed E-state index contributed by atoms with van der Waals surface area (Å²) in [7, 11) is 3.26. The number of aromatic nitrogens is 1. The van der Waals surface area contributed by atoms with E-state index >= 15 is 0 Å². The zero-order valence-corrected chi connectivity index (χ0v) is 14.1. The van der Waals surface area contributed by atoms with Crippen molar-refractivity contribution < 1.29 is 14.1 Å². The summed E-state index contributed by atoms with van der Waals surface area (Å²) in [5, 5.41) is 0. The maximum Gasteiger partial charge on any atom is 0.370 e. The van der Waals surface area contributed by atoms with Crippen LogP contribution in [0.3, 0.4) is 0 Å². The molecule has 1 saturated heterocycles. The van der Waals surface area contributed by atoms with Gasteiger partial charge in [-0.1, -0.05) is 0 Å². The third kappa shape index (κ3) is 2.89. The van der Waals surface area contributed by atoms with Gasteiger partial charge in [0.25, 0.3) is 5.91 Å². The first-order chi connectivity index (χ1) is 11.5. The van der Waals surface area contributed by atoms with E-state index in [0.29, 0.717) is 18.8 Å². The molecular formula is C17H21N3O4. The molecule has 1 aromatic heterocycles. The summed E-state index contributed by atoms with van der Waals surface area (Å²) in [6, 6.07) is 7.86. The molecule has 0 spiro atoms. The van der Waals surface area contributed by atoms with Gasteiger partial charge in [0.2, 0.25) is 0 Å². The topological polar surface area (TPSA) is 67.9 Å². The molecule has 3 rings (SSSR count). The molecule has 7 nitrogen and oxygen atoms in total. The van der Waals surface area contributed by atoms with E-state index in [4.69, 9.17) is 9.26 Å². The monoisotopic (exact) mass is 331 g/mol. The predicted octanol–water partition coefficient (Wildman–Crippen LogP) is 1.26. The molecule has 0 N–H and O–H groups in total. The Bertz CT molecular complexity index is 783. The van der Waals surface area contributed by atoms with Crippen molar-refractivity contribution >= 4 is 11.6 Å². The Morgan fingerprint density at radius 3 is 2.25 bits per heavy atom. The molecule has 7 heteroatoms. The lowest BCUT2D eigenvalue weighted by Crippen LogP contribution is -2.49. The maximum atomic E-state index is 12.6. The van der Waals surface area contributed by atoms with Crippen LogP contribution in [0.5, 0.6) is 5.75 Å². The van der Waals surface area contributed by atoms with Crippen LogP contribution in [0.15, 0.2) is 33.6 Å². The number of ether oxygens (including phenoxy) is 1. The van der Waals surface area contributed by atoms with Gasteiger partial charge in [-0.2, -0.15) is 0 Å². The van der Waals surface area contributed by atoms with Crippen molar-refractivity contribution in [3.8, 4) is 5.75 Å². The predicted molar refractivity (Wildman–Crippen MR) is 89.8 cm³/mol. The summed E-state index contributed by atoms with van der Waals surface area (Å²) in [6.45, 7) is 4.29. The fraction of sp³-hybridized carbons (Fsp3) is 0.412. The Hall–Kier alpha value is -2.70. The minimum atomic E-state index is -0.572. The van der Waals surface area contributed by atoms with Crippen LogP contribution in [0.2, 0.25) is 0 Å². The fourth-order valence-corrected chi connectivity index (χ4v) is 2.90. The van der Waals surface area contributed by atoms with Crippen molar-refractivity contribution in [2.24, 2.45) is 7.05 Å². The number of nitrogens with zero attached hydrogens (tertiary/aromatic N) is 3. The molecule has 0 atom stereocenters. The van der Waals surface area contributed by atoms with E-state index in [1.165, 1.54) is 4.74 Å². The number of anilines is 1. The number of rotatable bonds is 3. The van der Waals surface area contributed by atoms with E-state index in [2.05, 4.69) is 4.90 Å². The van der Waals surface area contributed by atoms with Crippen LogP contribution in [0, 0.1) is 6.92 Å². The molecule has 0 saturated carbocycles. The molecule has 0 bridgehead atoms. The molecule has 1 amide bonds. The number of hydrogen-bond donors (Lipinski definition) is 0. The smallest absolute Gasteiger partial charge is 0.370 e. The van der Waals surface area contributed by atoms with Crippen molar-refractivity contribution in [2.45, 2.75) is 6.92 Å². The molecule has 1 aromatic carbocycles. The van der Waals surface area contributed by atoms with Crippen molar-refractivity contribution in [2.75, 3.05) is 38.2 Å². The minimum Gasteiger partial charge on any atom is -0.497 e. The molecule has 1 aliphatic heterocycles. The van der Waals surface area contributed by atoms with Crippen LogP contribution in [0.25, 0.3) is 0 Å². The van der Waals surface area contributed by atoms with Crippen LogP contribution in [0.1, 0.15) is 16.1 Å². The third-order valence-corrected chi connectivity index (χ3v) is 4.48. The van der Waals surface area contributed by atoms with Crippen molar-refractivity contribution in [3.63, 3.8) is 0 Å². The minimum absolute atomic E-state index is 0.135. The standard InChI is InChI=1S/C17H21N3O4/c1-12-15(17(22)24-18(12)2)16(21)20-10-8-19(9-11-20)13-4-6-14(23-3)7-5-13/h4-7H,8-11H2,1-3H3. The molecule has 128 valence electrons. The van der Waals surface area contributed by atoms with Gasteiger partial charge in [-0.15, -0.1) is 0 Å². The summed E-state index contributed by atoms with van der Waals surface area (Å²) in [6.07, 6.45) is 0. The van der Waals surface area contributed by atoms with Gasteiger partial charge >= 0.3 is 5.63 Å². The second kappa shape index (κ2) is 6.43. The first-order valence-electron chi connectivity index (χ1n) is 7.86. The maximum absolute atomic E-state index is 12.6. The lowest BCUT2D eigenvalue weighted by Gasteiger charge is -2.36. The number of amides is 1. The molecule has 1 fully saturated rings. The van der Waals surface area contributed by atoms with E-state index in [1.54, 1.807) is 26.0 Å². The third-order valence-electron chi connectivity index (χ3n) is 4.48. The highest BCUT2D eigenvalue weighted by Gasteiger charge is 2.27. The second-order valence-corrected chi connectivity index (χ2v) is 5.81. The lowest BCUT2D eigenvalue weighted by atomic mass is 10.2. The number of carbonyl (C=O) groups is 1. The van der Waals surface area contributed by atoms with Gasteiger partial charge in [0.05, 0.1) is 12.8 Å². The molecule has 24 heavy (non-hydrogen) atoms. The normalized spacial score (nSPS) is 14.8. The number of hydrogen-bond acceptors (Lipinski definition) is 5. The van der Waals surface area contributed by atoms with Gasteiger partial charge in [-0.3, -0.25) is 4.79 Å². The van der Waals surface area contributed by atoms with E-state index in [-0.39, 0.29) is 11.5 Å². The lowest BCUT2D eigenvalue weighted by molar-refractivity contribution is 0.0743. The van der Waals surface area contributed by atoms with Gasteiger partial charge in [0, 0.05) is 38.9 Å². The number of carbonyl (C=O) groups excluding carboxylic acids is 1. The van der Waals surface area contributed by atoms with Crippen LogP contribution in [-0.4, -0.2) is 48.8 Å². The quantitative estimate of drug-likeness (QED) is 0.847. The van der Waals surface area contributed by atoms with Gasteiger partial charge in [-0.05, 0) is 31.2 Å². The van der Waals surface area contributed by atoms with E-state index < -0.39 is 5.63 Å². The van der Waals surface area contributed by atoms with Gasteiger partial charge < -0.3 is 19.1 Å². The number of piperazine rings is 1. The summed E-state index contributed by atoms with van der Waals surface area (Å²) in [4.78, 5) is 28.4. The second-order valence-electron chi connectivity index (χ2n) is 5.81. The van der Waals surface area contributed by atoms with Crippen LogP contribution < -0.4 is 15.3 Å². The first kappa shape index (κ1) is 16.2. The van der Waals surface area contributed by atoms with Crippen LogP contribution in [-0.2, 0) is 7.05 Å². The first-order valence-corrected chi connectivity index (χ1v) is 7.86. The summed E-state index contributed by atoms with van der Waals surface area (Å²) in [5.74, 6) is 0.565. The van der Waals surface area contributed by atoms with Crippen molar-refractivity contribution in [1.82, 2.24) is 9.64 Å². The SMILES string of the molecule is COc1ccc(N2CCN(C(=O)c3c(C)n(C)oc3=O)CC2)cc1. The zero-order chi connectivity index (χ0) is 17.3. The van der Waals surface area contributed by atoms with Crippen molar-refractivity contribution in [3.05, 3.63) is 45.9 Å². The highest BCUT2D eigenvalue weighted by atomic mass is 16.5. The zero-order valence-electron chi connectivity index (χ0n) is 14.1. The van der Waals surface area contributed by atoms with Gasteiger partial charge in [-0.25, -0.2) is 9.53 Å². The fourth-order valence-electron chi connectivity index (χ4n) is 2.90. The molecular weight excluding hydrogens is 310 g/mol. The molecule has 0 unspecified atom stereocenters. The summed E-state index contributed by atoms with van der Waals surface area (Å²) >= 11 is 0. The molecule has 0 radical (unpaired) electrons.